The topological polar surface area (TPSA) is 0 Å². The third kappa shape index (κ3) is 2.03. The van der Waals surface area contributed by atoms with Gasteiger partial charge < -0.3 is 0 Å². The summed E-state index contributed by atoms with van der Waals surface area (Å²) in [6.07, 6.45) is 14.3. The van der Waals surface area contributed by atoms with Crippen LogP contribution in [-0.4, -0.2) is 24.1 Å². The molecule has 4 aliphatic rings. The van der Waals surface area contributed by atoms with E-state index in [-0.39, 0.29) is 0 Å². The molecule has 0 radical (unpaired) electrons. The summed E-state index contributed by atoms with van der Waals surface area (Å²) in [5.41, 5.74) is 3.08. The van der Waals surface area contributed by atoms with E-state index < -0.39 is 7.26 Å². The minimum atomic E-state index is -0.635. The van der Waals surface area contributed by atoms with Gasteiger partial charge in [-0.3, -0.25) is 0 Å². The zero-order valence-electron chi connectivity index (χ0n) is 14.8. The van der Waals surface area contributed by atoms with E-state index in [4.69, 9.17) is 0 Å². The summed E-state index contributed by atoms with van der Waals surface area (Å²) in [6, 6.07) is 0. The lowest BCUT2D eigenvalue weighted by molar-refractivity contribution is 0.0505. The molecular formula is C20H36P+. The lowest BCUT2D eigenvalue weighted by Gasteiger charge is -2.56. The molecule has 0 aromatic rings. The fourth-order valence-electron chi connectivity index (χ4n) is 7.39. The van der Waals surface area contributed by atoms with Crippen molar-refractivity contribution in [2.24, 2.45) is 29.1 Å². The maximum Gasteiger partial charge on any atom is 0.0728 e. The molecule has 0 nitrogen and oxygen atoms in total. The first-order chi connectivity index (χ1) is 9.95. The van der Waals surface area contributed by atoms with Gasteiger partial charge in [-0.05, 0) is 80.5 Å². The van der Waals surface area contributed by atoms with Gasteiger partial charge in [0.15, 0.2) is 0 Å². The van der Waals surface area contributed by atoms with Crippen LogP contribution >= 0.6 is 7.26 Å². The predicted octanol–water partition coefficient (Wildman–Crippen LogP) is 6.06. The van der Waals surface area contributed by atoms with Crippen LogP contribution in [-0.2, 0) is 0 Å². The first-order valence-corrected chi connectivity index (χ1v) is 12.4. The summed E-state index contributed by atoms with van der Waals surface area (Å²) in [5, 5.41) is 0. The normalized spacial score (nSPS) is 60.0. The molecule has 8 unspecified atom stereocenters. The molecule has 21 heavy (non-hydrogen) atoms. The molecule has 0 N–H and O–H groups in total. The van der Waals surface area contributed by atoms with Crippen molar-refractivity contribution in [3.05, 3.63) is 0 Å². The summed E-state index contributed by atoms with van der Waals surface area (Å²) >= 11 is 0. The average molecular weight is 307 g/mol. The quantitative estimate of drug-likeness (QED) is 0.477. The van der Waals surface area contributed by atoms with Gasteiger partial charge in [-0.2, -0.15) is 0 Å². The lowest BCUT2D eigenvalue weighted by Crippen LogP contribution is -2.49. The van der Waals surface area contributed by atoms with Gasteiger partial charge in [0.25, 0.3) is 0 Å². The van der Waals surface area contributed by atoms with Gasteiger partial charge in [-0.25, -0.2) is 0 Å². The molecule has 0 bridgehead atoms. The van der Waals surface area contributed by atoms with Crippen LogP contribution in [0.5, 0.6) is 0 Å². The summed E-state index contributed by atoms with van der Waals surface area (Å²) in [5.74, 6) is 4.26. The third-order valence-corrected chi connectivity index (χ3v) is 14.6. The molecule has 2 aliphatic heterocycles. The van der Waals surface area contributed by atoms with Crippen LogP contribution < -0.4 is 0 Å². The van der Waals surface area contributed by atoms with Crippen molar-refractivity contribution in [3.8, 4) is 0 Å². The smallest absolute Gasteiger partial charge is 0.0622 e. The molecule has 8 atom stereocenters. The predicted molar refractivity (Wildman–Crippen MR) is 95.6 cm³/mol. The van der Waals surface area contributed by atoms with Crippen molar-refractivity contribution < 1.29 is 0 Å². The lowest BCUT2D eigenvalue weighted by atomic mass is 9.60. The van der Waals surface area contributed by atoms with E-state index in [1.807, 2.05) is 0 Å². The Labute approximate surface area is 133 Å². The molecule has 1 heteroatoms. The number of hydrogen-bond donors (Lipinski definition) is 0. The highest BCUT2D eigenvalue weighted by molar-refractivity contribution is 7.76. The molecule has 120 valence electrons. The fourth-order valence-corrected chi connectivity index (χ4v) is 13.2. The Bertz CT molecular complexity index is 418. The van der Waals surface area contributed by atoms with Crippen molar-refractivity contribution in [2.45, 2.75) is 83.5 Å². The summed E-state index contributed by atoms with van der Waals surface area (Å²) in [7, 11) is -0.635. The van der Waals surface area contributed by atoms with Crippen LogP contribution in [0.15, 0.2) is 0 Å². The Morgan fingerprint density at radius 3 is 2.57 bits per heavy atom. The SMILES string of the molecule is CC1CC[P+]2(C)C(CCC3C4CCC(C)C4(C)CCC32)C1. The van der Waals surface area contributed by atoms with Crippen molar-refractivity contribution in [3.63, 3.8) is 0 Å². The maximum absolute atomic E-state index is 2.82. The average Bonchev–Trinajstić information content (AvgIpc) is 2.76. The summed E-state index contributed by atoms with van der Waals surface area (Å²) in [6.45, 7) is 10.6. The van der Waals surface area contributed by atoms with E-state index in [2.05, 4.69) is 27.4 Å². The van der Waals surface area contributed by atoms with Gasteiger partial charge in [-0.15, -0.1) is 0 Å². The second-order valence-electron chi connectivity index (χ2n) is 9.79. The van der Waals surface area contributed by atoms with Crippen LogP contribution in [0, 0.1) is 29.1 Å². The Morgan fingerprint density at radius 1 is 0.952 bits per heavy atom. The van der Waals surface area contributed by atoms with Crippen molar-refractivity contribution in [2.75, 3.05) is 12.8 Å². The molecule has 2 heterocycles. The molecule has 0 spiro atoms. The van der Waals surface area contributed by atoms with E-state index in [0.717, 1.165) is 29.1 Å². The van der Waals surface area contributed by atoms with Crippen LogP contribution in [0.2, 0.25) is 0 Å². The second kappa shape index (κ2) is 4.96. The Balaban J connectivity index is 1.62. The maximum atomic E-state index is 2.82. The van der Waals surface area contributed by atoms with E-state index in [1.54, 1.807) is 51.1 Å². The van der Waals surface area contributed by atoms with Crippen LogP contribution in [0.4, 0.5) is 0 Å². The molecule has 4 rings (SSSR count). The largest absolute Gasteiger partial charge is 0.0728 e. The highest BCUT2D eigenvalue weighted by atomic mass is 31.2. The van der Waals surface area contributed by atoms with Crippen molar-refractivity contribution in [1.82, 2.24) is 0 Å². The zero-order valence-corrected chi connectivity index (χ0v) is 15.7. The monoisotopic (exact) mass is 307 g/mol. The Morgan fingerprint density at radius 2 is 1.76 bits per heavy atom. The molecule has 0 aromatic carbocycles. The molecule has 4 fully saturated rings. The van der Waals surface area contributed by atoms with E-state index >= 15 is 0 Å². The number of rotatable bonds is 0. The van der Waals surface area contributed by atoms with Gasteiger partial charge >= 0.3 is 0 Å². The number of fused-ring (bicyclic) bond motifs is 5. The van der Waals surface area contributed by atoms with Crippen LogP contribution in [0.3, 0.4) is 0 Å². The van der Waals surface area contributed by atoms with Gasteiger partial charge in [0.2, 0.25) is 0 Å². The van der Waals surface area contributed by atoms with Crippen molar-refractivity contribution >= 4 is 7.26 Å². The fraction of sp³-hybridized carbons (Fsp3) is 1.00. The number of hydrogen-bond acceptors (Lipinski definition) is 0. The van der Waals surface area contributed by atoms with E-state index in [9.17, 15) is 0 Å². The molecular weight excluding hydrogens is 271 g/mol. The Kier molecular flexibility index (Phi) is 3.54. The summed E-state index contributed by atoms with van der Waals surface area (Å²) in [4.78, 5) is 0. The minimum absolute atomic E-state index is 0.635. The first kappa shape index (κ1) is 15.0. The summed E-state index contributed by atoms with van der Waals surface area (Å²) < 4.78 is 0. The Hall–Kier alpha value is 0.430. The zero-order chi connectivity index (χ0) is 14.8. The highest BCUT2D eigenvalue weighted by Gasteiger charge is 2.62. The third-order valence-electron chi connectivity index (χ3n) is 9.08. The molecule has 0 amide bonds. The first-order valence-electron chi connectivity index (χ1n) is 9.80. The molecule has 2 saturated heterocycles. The van der Waals surface area contributed by atoms with E-state index in [1.165, 1.54) is 17.7 Å². The van der Waals surface area contributed by atoms with Crippen LogP contribution in [0.1, 0.15) is 72.1 Å². The second-order valence-corrected chi connectivity index (χ2v) is 14.3. The standard InChI is InChI=1S/C20H36P/c1-14-10-12-21(4)16(13-14)6-7-17-18-8-5-15(2)20(18,3)11-9-19(17)21/h14-19H,5-13H2,1-4H3/q+1. The van der Waals surface area contributed by atoms with Crippen LogP contribution in [0.25, 0.3) is 0 Å². The van der Waals surface area contributed by atoms with Gasteiger partial charge in [0, 0.05) is 13.9 Å². The van der Waals surface area contributed by atoms with Crippen molar-refractivity contribution in [1.29, 1.82) is 0 Å². The minimum Gasteiger partial charge on any atom is -0.0622 e. The molecule has 0 aromatic heterocycles. The van der Waals surface area contributed by atoms with Gasteiger partial charge in [0.1, 0.15) is 0 Å². The van der Waals surface area contributed by atoms with Gasteiger partial charge in [0.05, 0.1) is 17.5 Å². The van der Waals surface area contributed by atoms with Gasteiger partial charge in [-0.1, -0.05) is 20.8 Å². The molecule has 2 saturated carbocycles. The molecule has 2 aliphatic carbocycles. The van der Waals surface area contributed by atoms with E-state index in [0.29, 0.717) is 0 Å². The highest BCUT2D eigenvalue weighted by Crippen LogP contribution is 2.78.